The topological polar surface area (TPSA) is 116 Å². The van der Waals surface area contributed by atoms with Gasteiger partial charge in [-0.1, -0.05) is 0 Å². The summed E-state index contributed by atoms with van der Waals surface area (Å²) in [5, 5.41) is 9.56. The summed E-state index contributed by atoms with van der Waals surface area (Å²) in [5.74, 6) is 0.445. The van der Waals surface area contributed by atoms with Crippen LogP contribution < -0.4 is 11.5 Å². The summed E-state index contributed by atoms with van der Waals surface area (Å²) in [7, 11) is 0. The number of hydrogen-bond acceptors (Lipinski definition) is 6. The fourth-order valence-corrected chi connectivity index (χ4v) is 2.41. The molecule has 0 spiro atoms. The van der Waals surface area contributed by atoms with Crippen LogP contribution in [0, 0.1) is 0 Å². The molecule has 7 nitrogen and oxygen atoms in total. The van der Waals surface area contributed by atoms with Crippen LogP contribution in [0.25, 0.3) is 11.2 Å². The highest BCUT2D eigenvalue weighted by Gasteiger charge is 2.26. The van der Waals surface area contributed by atoms with E-state index in [4.69, 9.17) is 11.5 Å². The van der Waals surface area contributed by atoms with E-state index in [2.05, 4.69) is 15.0 Å². The standard InChI is InChI=1S/C10H14N6O.ClH/c11-8-7-9(15-10(12)14-8)16(4-13-7)5-1-2-6(17)3-5;/h4-6,17H,1-3H2,(H4,11,12,14,15);1H. The van der Waals surface area contributed by atoms with Crippen molar-refractivity contribution < 1.29 is 5.11 Å². The van der Waals surface area contributed by atoms with Crippen molar-refractivity contribution in [2.24, 2.45) is 0 Å². The van der Waals surface area contributed by atoms with E-state index in [9.17, 15) is 5.11 Å². The van der Waals surface area contributed by atoms with Crippen LogP contribution in [0.3, 0.4) is 0 Å². The van der Waals surface area contributed by atoms with Crippen molar-refractivity contribution in [1.29, 1.82) is 0 Å². The van der Waals surface area contributed by atoms with E-state index < -0.39 is 0 Å². The Balaban J connectivity index is 0.00000120. The molecule has 1 aliphatic carbocycles. The molecule has 5 N–H and O–H groups in total. The summed E-state index contributed by atoms with van der Waals surface area (Å²) in [6, 6.07) is 0.212. The molecule has 1 saturated carbocycles. The van der Waals surface area contributed by atoms with Gasteiger partial charge in [0.15, 0.2) is 11.5 Å². The molecule has 0 aliphatic heterocycles. The van der Waals surface area contributed by atoms with Gasteiger partial charge in [-0.05, 0) is 19.3 Å². The van der Waals surface area contributed by atoms with Gasteiger partial charge in [0.1, 0.15) is 5.52 Å². The van der Waals surface area contributed by atoms with Crippen molar-refractivity contribution in [1.82, 2.24) is 19.5 Å². The van der Waals surface area contributed by atoms with Gasteiger partial charge in [-0.2, -0.15) is 9.97 Å². The molecule has 2 unspecified atom stereocenters. The van der Waals surface area contributed by atoms with Crippen molar-refractivity contribution in [3.8, 4) is 0 Å². The predicted molar refractivity (Wildman–Crippen MR) is 70.3 cm³/mol. The molecule has 8 heteroatoms. The Labute approximate surface area is 110 Å². The third kappa shape index (κ3) is 1.95. The number of nitrogens with zero attached hydrogens (tertiary/aromatic N) is 4. The Bertz CT molecular complexity index is 571. The van der Waals surface area contributed by atoms with E-state index in [0.29, 0.717) is 17.0 Å². The zero-order chi connectivity index (χ0) is 12.0. The van der Waals surface area contributed by atoms with Crippen molar-refractivity contribution >= 4 is 35.3 Å². The number of anilines is 2. The van der Waals surface area contributed by atoms with Crippen LogP contribution >= 0.6 is 12.4 Å². The van der Waals surface area contributed by atoms with Crippen molar-refractivity contribution in [3.05, 3.63) is 6.33 Å². The first-order valence-electron chi connectivity index (χ1n) is 5.58. The third-order valence-corrected chi connectivity index (χ3v) is 3.24. The quantitative estimate of drug-likeness (QED) is 0.695. The molecule has 0 saturated heterocycles. The molecule has 2 atom stereocenters. The molecular formula is C10H15ClN6O. The van der Waals surface area contributed by atoms with Crippen LogP contribution in [0.2, 0.25) is 0 Å². The average Bonchev–Trinajstić information content (AvgIpc) is 2.83. The minimum atomic E-state index is -0.242. The van der Waals surface area contributed by atoms with E-state index in [-0.39, 0.29) is 30.5 Å². The number of hydrogen-bond donors (Lipinski definition) is 3. The minimum Gasteiger partial charge on any atom is -0.393 e. The summed E-state index contributed by atoms with van der Waals surface area (Å²) >= 11 is 0. The Morgan fingerprint density at radius 2 is 2.06 bits per heavy atom. The largest absolute Gasteiger partial charge is 0.393 e. The Morgan fingerprint density at radius 1 is 1.28 bits per heavy atom. The summed E-state index contributed by atoms with van der Waals surface area (Å²) in [6.45, 7) is 0. The molecule has 3 rings (SSSR count). The van der Waals surface area contributed by atoms with Crippen LogP contribution in [0.4, 0.5) is 11.8 Å². The lowest BCUT2D eigenvalue weighted by Gasteiger charge is -2.11. The molecule has 2 aromatic heterocycles. The Kier molecular flexibility index (Phi) is 3.27. The van der Waals surface area contributed by atoms with E-state index in [1.165, 1.54) is 0 Å². The second kappa shape index (κ2) is 4.58. The SMILES string of the molecule is Cl.Nc1nc(N)c2ncn(C3CCC(O)C3)c2n1. The molecular weight excluding hydrogens is 256 g/mol. The number of rotatable bonds is 1. The van der Waals surface area contributed by atoms with Gasteiger partial charge < -0.3 is 21.1 Å². The molecule has 0 radical (unpaired) electrons. The lowest BCUT2D eigenvalue weighted by Crippen LogP contribution is -2.08. The van der Waals surface area contributed by atoms with Gasteiger partial charge in [0.05, 0.1) is 12.4 Å². The van der Waals surface area contributed by atoms with E-state index in [0.717, 1.165) is 19.3 Å². The van der Waals surface area contributed by atoms with Gasteiger partial charge in [0.25, 0.3) is 0 Å². The van der Waals surface area contributed by atoms with Crippen molar-refractivity contribution in [2.75, 3.05) is 11.5 Å². The van der Waals surface area contributed by atoms with Crippen LogP contribution in [0.1, 0.15) is 25.3 Å². The molecule has 1 aliphatic rings. The van der Waals surface area contributed by atoms with Gasteiger partial charge in [-0.25, -0.2) is 4.98 Å². The first kappa shape index (κ1) is 12.8. The van der Waals surface area contributed by atoms with E-state index in [1.807, 2.05) is 4.57 Å². The highest BCUT2D eigenvalue weighted by molar-refractivity contribution is 5.85. The van der Waals surface area contributed by atoms with Crippen LogP contribution in [0.15, 0.2) is 6.33 Å². The van der Waals surface area contributed by atoms with Gasteiger partial charge >= 0.3 is 0 Å². The minimum absolute atomic E-state index is 0. The molecule has 98 valence electrons. The molecule has 0 amide bonds. The second-order valence-electron chi connectivity index (χ2n) is 4.41. The van der Waals surface area contributed by atoms with Crippen LogP contribution in [0.5, 0.6) is 0 Å². The summed E-state index contributed by atoms with van der Waals surface area (Å²) in [6.07, 6.45) is 3.89. The van der Waals surface area contributed by atoms with Crippen molar-refractivity contribution in [2.45, 2.75) is 31.4 Å². The molecule has 1 fully saturated rings. The molecule has 0 bridgehead atoms. The number of nitrogen functional groups attached to an aromatic ring is 2. The van der Waals surface area contributed by atoms with Gasteiger partial charge in [-0.15, -0.1) is 12.4 Å². The fraction of sp³-hybridized carbons (Fsp3) is 0.500. The highest BCUT2D eigenvalue weighted by Crippen LogP contribution is 2.32. The van der Waals surface area contributed by atoms with Gasteiger partial charge in [0, 0.05) is 6.04 Å². The highest BCUT2D eigenvalue weighted by atomic mass is 35.5. The number of imidazole rings is 1. The monoisotopic (exact) mass is 270 g/mol. The average molecular weight is 271 g/mol. The second-order valence-corrected chi connectivity index (χ2v) is 4.41. The maximum absolute atomic E-state index is 9.56. The van der Waals surface area contributed by atoms with E-state index in [1.54, 1.807) is 6.33 Å². The number of aromatic nitrogens is 4. The molecule has 18 heavy (non-hydrogen) atoms. The van der Waals surface area contributed by atoms with E-state index >= 15 is 0 Å². The van der Waals surface area contributed by atoms with Crippen molar-refractivity contribution in [3.63, 3.8) is 0 Å². The number of aliphatic hydroxyl groups excluding tert-OH is 1. The molecule has 0 aromatic carbocycles. The fourth-order valence-electron chi connectivity index (χ4n) is 2.41. The van der Waals surface area contributed by atoms with Crippen LogP contribution in [-0.4, -0.2) is 30.7 Å². The van der Waals surface area contributed by atoms with Crippen LogP contribution in [-0.2, 0) is 0 Å². The maximum atomic E-state index is 9.56. The number of halogens is 1. The summed E-state index contributed by atoms with van der Waals surface area (Å²) in [4.78, 5) is 12.3. The zero-order valence-electron chi connectivity index (χ0n) is 9.65. The normalized spacial score (nSPS) is 23.2. The maximum Gasteiger partial charge on any atom is 0.224 e. The van der Waals surface area contributed by atoms with Gasteiger partial charge in [-0.3, -0.25) is 0 Å². The molecule has 2 heterocycles. The smallest absolute Gasteiger partial charge is 0.224 e. The predicted octanol–water partition coefficient (Wildman–Crippen LogP) is 0.498. The number of aliphatic hydroxyl groups is 1. The summed E-state index contributed by atoms with van der Waals surface area (Å²) < 4.78 is 1.93. The lowest BCUT2D eigenvalue weighted by atomic mass is 10.2. The first-order chi connectivity index (χ1) is 8.15. The zero-order valence-corrected chi connectivity index (χ0v) is 10.5. The Hall–Kier alpha value is -1.60. The van der Waals surface area contributed by atoms with Gasteiger partial charge in [0.2, 0.25) is 5.95 Å². The third-order valence-electron chi connectivity index (χ3n) is 3.24. The molecule has 2 aromatic rings. The first-order valence-corrected chi connectivity index (χ1v) is 5.58. The lowest BCUT2D eigenvalue weighted by molar-refractivity contribution is 0.178. The number of nitrogens with two attached hydrogens (primary N) is 2. The summed E-state index contributed by atoms with van der Waals surface area (Å²) in [5.41, 5.74) is 12.5. The number of fused-ring (bicyclic) bond motifs is 1. The Morgan fingerprint density at radius 3 is 2.72 bits per heavy atom.